The topological polar surface area (TPSA) is 52.6 Å². The molecule has 0 aliphatic carbocycles. The molecule has 0 radical (unpaired) electrons. The van der Waals surface area contributed by atoms with Gasteiger partial charge in [-0.15, -0.1) is 24.0 Å². The molecule has 2 rings (SSSR count). The van der Waals surface area contributed by atoms with Crippen LogP contribution in [-0.4, -0.2) is 48.6 Å². The fourth-order valence-electron chi connectivity index (χ4n) is 2.74. The van der Waals surface area contributed by atoms with Crippen molar-refractivity contribution in [3.8, 4) is 0 Å². The summed E-state index contributed by atoms with van der Waals surface area (Å²) in [5.41, 5.74) is 1.02. The Kier molecular flexibility index (Phi) is 9.47. The Morgan fingerprint density at radius 3 is 2.70 bits per heavy atom. The van der Waals surface area contributed by atoms with Crippen LogP contribution in [0.25, 0.3) is 0 Å². The maximum absolute atomic E-state index is 4.31. The Balaban J connectivity index is 0.00000264. The van der Waals surface area contributed by atoms with Crippen LogP contribution in [0, 0.1) is 5.92 Å². The van der Waals surface area contributed by atoms with E-state index in [1.54, 1.807) is 7.05 Å². The third-order valence-electron chi connectivity index (χ3n) is 4.39. The van der Waals surface area contributed by atoms with Gasteiger partial charge >= 0.3 is 0 Å². The van der Waals surface area contributed by atoms with Crippen molar-refractivity contribution in [1.82, 2.24) is 20.5 Å². The summed E-state index contributed by atoms with van der Waals surface area (Å²) in [6.07, 6.45) is 4.45. The van der Waals surface area contributed by atoms with Crippen LogP contribution in [0.5, 0.6) is 0 Å². The highest BCUT2D eigenvalue weighted by Crippen LogP contribution is 2.17. The lowest BCUT2D eigenvalue weighted by molar-refractivity contribution is 0.147. The molecule has 2 N–H and O–H groups in total. The van der Waals surface area contributed by atoms with Gasteiger partial charge in [-0.05, 0) is 50.9 Å². The quantitative estimate of drug-likeness (QED) is 0.428. The molecule has 1 atom stereocenters. The first-order chi connectivity index (χ1) is 10.7. The Bertz CT molecular complexity index is 457. The minimum absolute atomic E-state index is 0. The smallest absolute Gasteiger partial charge is 0.191 e. The molecule has 1 aliphatic heterocycles. The van der Waals surface area contributed by atoms with Crippen molar-refractivity contribution in [3.63, 3.8) is 0 Å². The minimum Gasteiger partial charge on any atom is -0.355 e. The molecular weight excluding hydrogens is 401 g/mol. The monoisotopic (exact) mass is 431 g/mol. The highest BCUT2D eigenvalue weighted by Gasteiger charge is 2.20. The van der Waals surface area contributed by atoms with E-state index in [2.05, 4.69) is 39.4 Å². The normalized spacial score (nSPS) is 18.1. The highest BCUT2D eigenvalue weighted by molar-refractivity contribution is 14.0. The zero-order valence-electron chi connectivity index (χ0n) is 14.5. The molecule has 1 fully saturated rings. The number of pyridine rings is 1. The SMILES string of the molecule is CN=C(NCc1ccccn1)NCC(C)N1CCC(C)CC1.I. The summed E-state index contributed by atoms with van der Waals surface area (Å²) in [5.74, 6) is 1.71. The fourth-order valence-corrected chi connectivity index (χ4v) is 2.74. The molecule has 23 heavy (non-hydrogen) atoms. The summed E-state index contributed by atoms with van der Waals surface area (Å²) in [7, 11) is 1.81. The van der Waals surface area contributed by atoms with E-state index in [0.717, 1.165) is 24.1 Å². The largest absolute Gasteiger partial charge is 0.355 e. The first-order valence-electron chi connectivity index (χ1n) is 8.27. The number of rotatable bonds is 5. The number of nitrogens with one attached hydrogen (secondary N) is 2. The predicted molar refractivity (Wildman–Crippen MR) is 107 cm³/mol. The predicted octanol–water partition coefficient (Wildman–Crippen LogP) is 2.49. The molecule has 130 valence electrons. The van der Waals surface area contributed by atoms with Gasteiger partial charge in [-0.3, -0.25) is 14.9 Å². The van der Waals surface area contributed by atoms with Gasteiger partial charge in [0.15, 0.2) is 5.96 Å². The molecule has 6 heteroatoms. The van der Waals surface area contributed by atoms with Gasteiger partial charge in [-0.25, -0.2) is 0 Å². The van der Waals surface area contributed by atoms with Gasteiger partial charge < -0.3 is 10.6 Å². The van der Waals surface area contributed by atoms with Crippen molar-refractivity contribution >= 4 is 29.9 Å². The van der Waals surface area contributed by atoms with Crippen LogP contribution in [0.2, 0.25) is 0 Å². The van der Waals surface area contributed by atoms with Crippen molar-refractivity contribution in [2.75, 3.05) is 26.7 Å². The number of aromatic nitrogens is 1. The first kappa shape index (κ1) is 20.2. The van der Waals surface area contributed by atoms with Gasteiger partial charge in [0.05, 0.1) is 12.2 Å². The second-order valence-corrected chi connectivity index (χ2v) is 6.20. The summed E-state index contributed by atoms with van der Waals surface area (Å²) in [6.45, 7) is 8.67. The molecule has 1 unspecified atom stereocenters. The lowest BCUT2D eigenvalue weighted by atomic mass is 9.98. The van der Waals surface area contributed by atoms with Crippen LogP contribution in [0.15, 0.2) is 29.4 Å². The molecule has 5 nitrogen and oxygen atoms in total. The Hall–Kier alpha value is -0.890. The van der Waals surface area contributed by atoms with Crippen molar-refractivity contribution in [3.05, 3.63) is 30.1 Å². The molecular formula is C17H30IN5. The summed E-state index contributed by atoms with van der Waals surface area (Å²) >= 11 is 0. The van der Waals surface area contributed by atoms with Crippen LogP contribution in [0.1, 0.15) is 32.4 Å². The molecule has 2 heterocycles. The fraction of sp³-hybridized carbons (Fsp3) is 0.647. The van der Waals surface area contributed by atoms with Gasteiger partial charge in [-0.2, -0.15) is 0 Å². The van der Waals surface area contributed by atoms with E-state index in [1.165, 1.54) is 25.9 Å². The number of hydrogen-bond donors (Lipinski definition) is 2. The third kappa shape index (κ3) is 7.03. The summed E-state index contributed by atoms with van der Waals surface area (Å²) < 4.78 is 0. The van der Waals surface area contributed by atoms with Gasteiger partial charge in [0.2, 0.25) is 0 Å². The van der Waals surface area contributed by atoms with Gasteiger partial charge in [-0.1, -0.05) is 13.0 Å². The average molecular weight is 431 g/mol. The lowest BCUT2D eigenvalue weighted by Crippen LogP contribution is -2.48. The van der Waals surface area contributed by atoms with Crippen LogP contribution in [0.4, 0.5) is 0 Å². The molecule has 0 spiro atoms. The number of hydrogen-bond acceptors (Lipinski definition) is 3. The zero-order valence-corrected chi connectivity index (χ0v) is 16.8. The van der Waals surface area contributed by atoms with E-state index in [0.29, 0.717) is 12.6 Å². The van der Waals surface area contributed by atoms with E-state index in [1.807, 2.05) is 24.4 Å². The minimum atomic E-state index is 0. The standard InChI is InChI=1S/C17H29N5.HI/c1-14-7-10-22(11-8-14)15(2)12-20-17(18-3)21-13-16-6-4-5-9-19-16;/h4-6,9,14-15H,7-8,10-13H2,1-3H3,(H2,18,20,21);1H. The van der Waals surface area contributed by atoms with E-state index >= 15 is 0 Å². The second-order valence-electron chi connectivity index (χ2n) is 6.20. The Morgan fingerprint density at radius 2 is 2.09 bits per heavy atom. The third-order valence-corrected chi connectivity index (χ3v) is 4.39. The highest BCUT2D eigenvalue weighted by atomic mass is 127. The number of guanidine groups is 1. The van der Waals surface area contributed by atoms with Gasteiger partial charge in [0, 0.05) is 25.8 Å². The molecule has 1 saturated heterocycles. The number of piperidine rings is 1. The van der Waals surface area contributed by atoms with E-state index in [4.69, 9.17) is 0 Å². The zero-order chi connectivity index (χ0) is 15.8. The summed E-state index contributed by atoms with van der Waals surface area (Å²) in [6, 6.07) is 6.47. The molecule has 1 aliphatic rings. The van der Waals surface area contributed by atoms with Crippen molar-refractivity contribution in [2.24, 2.45) is 10.9 Å². The molecule has 0 amide bonds. The van der Waals surface area contributed by atoms with Crippen LogP contribution < -0.4 is 10.6 Å². The molecule has 1 aromatic rings. The maximum Gasteiger partial charge on any atom is 0.191 e. The van der Waals surface area contributed by atoms with Crippen LogP contribution in [0.3, 0.4) is 0 Å². The Morgan fingerprint density at radius 1 is 1.35 bits per heavy atom. The van der Waals surface area contributed by atoms with E-state index in [9.17, 15) is 0 Å². The average Bonchev–Trinajstić information content (AvgIpc) is 2.56. The lowest BCUT2D eigenvalue weighted by Gasteiger charge is -2.35. The number of halogens is 1. The van der Waals surface area contributed by atoms with E-state index < -0.39 is 0 Å². The number of likely N-dealkylation sites (tertiary alicyclic amines) is 1. The van der Waals surface area contributed by atoms with Crippen LogP contribution >= 0.6 is 24.0 Å². The molecule has 0 aromatic carbocycles. The van der Waals surface area contributed by atoms with Crippen molar-refractivity contribution in [2.45, 2.75) is 39.3 Å². The van der Waals surface area contributed by atoms with E-state index in [-0.39, 0.29) is 24.0 Å². The number of nitrogens with zero attached hydrogens (tertiary/aromatic N) is 3. The molecule has 0 bridgehead atoms. The van der Waals surface area contributed by atoms with Crippen molar-refractivity contribution in [1.29, 1.82) is 0 Å². The summed E-state index contributed by atoms with van der Waals surface area (Å²) in [4.78, 5) is 11.2. The number of aliphatic imine (C=N–C) groups is 1. The van der Waals surface area contributed by atoms with Crippen molar-refractivity contribution < 1.29 is 0 Å². The Labute approximate surface area is 157 Å². The van der Waals surface area contributed by atoms with Gasteiger partial charge in [0.25, 0.3) is 0 Å². The maximum atomic E-state index is 4.31. The first-order valence-corrected chi connectivity index (χ1v) is 8.27. The summed E-state index contributed by atoms with van der Waals surface area (Å²) in [5, 5.41) is 6.73. The second kappa shape index (κ2) is 10.8. The molecule has 0 saturated carbocycles. The molecule has 1 aromatic heterocycles. The van der Waals surface area contributed by atoms with Crippen LogP contribution in [-0.2, 0) is 6.54 Å². The van der Waals surface area contributed by atoms with Gasteiger partial charge in [0.1, 0.15) is 0 Å².